The lowest BCUT2D eigenvalue weighted by atomic mass is 9.84. The smallest absolute Gasteiger partial charge is 0.335 e. The van der Waals surface area contributed by atoms with E-state index in [1.165, 1.54) is 0 Å². The molecule has 1 aliphatic carbocycles. The molecular formula is C31H28F6N2O5S. The van der Waals surface area contributed by atoms with Gasteiger partial charge in [-0.05, 0) is 60.9 Å². The van der Waals surface area contributed by atoms with E-state index >= 15 is 4.39 Å². The van der Waals surface area contributed by atoms with Crippen molar-refractivity contribution in [2.24, 2.45) is 0 Å². The number of anilines is 1. The number of carboxylic acids is 1. The SMILES string of the molecule is O=C(O)c1ccc(N(Cc2ccc(C3CCCCC3)cc2)C(=O)[C@H]2CCCN2S(=O)(=O)c2c(F)c(F)c(F)c(F)c2F)c(F)c1. The van der Waals surface area contributed by atoms with Crippen molar-refractivity contribution in [2.75, 3.05) is 11.4 Å². The molecule has 1 amide bonds. The van der Waals surface area contributed by atoms with Gasteiger partial charge in [-0.15, -0.1) is 0 Å². The monoisotopic (exact) mass is 654 g/mol. The second-order valence-electron chi connectivity index (χ2n) is 11.1. The van der Waals surface area contributed by atoms with Gasteiger partial charge in [-0.25, -0.2) is 39.6 Å². The van der Waals surface area contributed by atoms with Crippen LogP contribution in [0.4, 0.5) is 32.0 Å². The number of hydrogen-bond acceptors (Lipinski definition) is 4. The number of carbonyl (C=O) groups excluding carboxylic acids is 1. The summed E-state index contributed by atoms with van der Waals surface area (Å²) in [6.07, 6.45) is 5.20. The molecule has 3 aromatic carbocycles. The maximum absolute atomic E-state index is 15.3. The molecule has 1 N–H and O–H groups in total. The van der Waals surface area contributed by atoms with Crippen molar-refractivity contribution in [1.82, 2.24) is 4.31 Å². The minimum Gasteiger partial charge on any atom is -0.478 e. The normalized spacial score (nSPS) is 17.9. The predicted molar refractivity (Wildman–Crippen MR) is 150 cm³/mol. The van der Waals surface area contributed by atoms with Gasteiger partial charge in [0.1, 0.15) is 11.9 Å². The van der Waals surface area contributed by atoms with Gasteiger partial charge >= 0.3 is 5.97 Å². The topological polar surface area (TPSA) is 95.0 Å². The van der Waals surface area contributed by atoms with Crippen LogP contribution >= 0.6 is 0 Å². The zero-order chi connectivity index (χ0) is 32.6. The van der Waals surface area contributed by atoms with E-state index in [4.69, 9.17) is 0 Å². The molecular weight excluding hydrogens is 626 g/mol. The van der Waals surface area contributed by atoms with Crippen molar-refractivity contribution < 1.29 is 49.5 Å². The number of benzene rings is 3. The van der Waals surface area contributed by atoms with Crippen molar-refractivity contribution in [2.45, 2.75) is 68.3 Å². The lowest BCUT2D eigenvalue weighted by Crippen LogP contribution is -2.48. The van der Waals surface area contributed by atoms with Crippen LogP contribution in [0, 0.1) is 34.9 Å². The molecule has 1 saturated carbocycles. The Bertz CT molecular complexity index is 1720. The summed E-state index contributed by atoms with van der Waals surface area (Å²) in [5.41, 5.74) is 0.777. The first-order valence-corrected chi connectivity index (χ1v) is 15.7. The lowest BCUT2D eigenvalue weighted by molar-refractivity contribution is -0.121. The van der Waals surface area contributed by atoms with E-state index < -0.39 is 85.5 Å². The van der Waals surface area contributed by atoms with Crippen molar-refractivity contribution in [3.05, 3.63) is 94.1 Å². The van der Waals surface area contributed by atoms with Crippen LogP contribution in [-0.4, -0.2) is 42.3 Å². The highest BCUT2D eigenvalue weighted by molar-refractivity contribution is 7.89. The van der Waals surface area contributed by atoms with Gasteiger partial charge in [0, 0.05) is 6.54 Å². The Morgan fingerprint density at radius 1 is 0.800 bits per heavy atom. The summed E-state index contributed by atoms with van der Waals surface area (Å²) in [5, 5.41) is 9.26. The van der Waals surface area contributed by atoms with E-state index in [0.29, 0.717) is 21.9 Å². The number of aromatic carboxylic acids is 1. The molecule has 1 aliphatic heterocycles. The van der Waals surface area contributed by atoms with Gasteiger partial charge in [-0.3, -0.25) is 4.79 Å². The fourth-order valence-corrected chi connectivity index (χ4v) is 7.80. The zero-order valence-electron chi connectivity index (χ0n) is 23.7. The highest BCUT2D eigenvalue weighted by atomic mass is 32.2. The van der Waals surface area contributed by atoms with Gasteiger partial charge in [0.25, 0.3) is 0 Å². The summed E-state index contributed by atoms with van der Waals surface area (Å²) in [6, 6.07) is 8.28. The van der Waals surface area contributed by atoms with Gasteiger partial charge in [0.15, 0.2) is 28.2 Å². The first kappa shape index (κ1) is 32.5. The van der Waals surface area contributed by atoms with Gasteiger partial charge < -0.3 is 10.0 Å². The van der Waals surface area contributed by atoms with Crippen LogP contribution in [0.3, 0.4) is 0 Å². The second kappa shape index (κ2) is 12.8. The molecule has 0 radical (unpaired) electrons. The molecule has 14 heteroatoms. The first-order valence-electron chi connectivity index (χ1n) is 14.3. The van der Waals surface area contributed by atoms with Gasteiger partial charge in [-0.1, -0.05) is 43.5 Å². The molecule has 0 unspecified atom stereocenters. The van der Waals surface area contributed by atoms with Crippen LogP contribution < -0.4 is 4.90 Å². The van der Waals surface area contributed by atoms with Crippen LogP contribution in [0.5, 0.6) is 0 Å². The number of hydrogen-bond donors (Lipinski definition) is 1. The van der Waals surface area contributed by atoms with E-state index in [-0.39, 0.29) is 19.4 Å². The Kier molecular flexibility index (Phi) is 9.26. The Morgan fingerprint density at radius 3 is 1.98 bits per heavy atom. The minimum absolute atomic E-state index is 0.0185. The van der Waals surface area contributed by atoms with Crippen LogP contribution in [0.15, 0.2) is 47.4 Å². The Morgan fingerprint density at radius 2 is 1.40 bits per heavy atom. The third kappa shape index (κ3) is 6.17. The first-order chi connectivity index (χ1) is 21.3. The third-order valence-electron chi connectivity index (χ3n) is 8.37. The van der Waals surface area contributed by atoms with E-state index in [1.807, 2.05) is 12.1 Å². The molecule has 1 saturated heterocycles. The number of nitrogens with zero attached hydrogens (tertiary/aromatic N) is 2. The van der Waals surface area contributed by atoms with Crippen LogP contribution in [-0.2, 0) is 21.4 Å². The highest BCUT2D eigenvalue weighted by Crippen LogP contribution is 2.36. The molecule has 0 spiro atoms. The number of halogens is 6. The minimum atomic E-state index is -5.47. The number of rotatable bonds is 8. The van der Waals surface area contributed by atoms with Crippen LogP contribution in [0.25, 0.3) is 0 Å². The maximum Gasteiger partial charge on any atom is 0.335 e. The average Bonchev–Trinajstić information content (AvgIpc) is 3.54. The Balaban J connectivity index is 1.52. The third-order valence-corrected chi connectivity index (χ3v) is 10.3. The van der Waals surface area contributed by atoms with Crippen molar-refractivity contribution >= 4 is 27.6 Å². The molecule has 1 heterocycles. The molecule has 45 heavy (non-hydrogen) atoms. The molecule has 5 rings (SSSR count). The molecule has 0 aromatic heterocycles. The second-order valence-corrected chi connectivity index (χ2v) is 13.0. The van der Waals surface area contributed by atoms with Gasteiger partial charge in [0.2, 0.25) is 21.7 Å². The van der Waals surface area contributed by atoms with Gasteiger partial charge in [0.05, 0.1) is 17.8 Å². The molecule has 2 fully saturated rings. The summed E-state index contributed by atoms with van der Waals surface area (Å²) in [5.74, 6) is -15.9. The molecule has 240 valence electrons. The zero-order valence-corrected chi connectivity index (χ0v) is 24.5. The van der Waals surface area contributed by atoms with Crippen LogP contribution in [0.2, 0.25) is 0 Å². The van der Waals surface area contributed by atoms with Gasteiger partial charge in [-0.2, -0.15) is 4.31 Å². The van der Waals surface area contributed by atoms with Crippen LogP contribution in [0.1, 0.15) is 72.3 Å². The Labute approximate surface area is 255 Å². The summed E-state index contributed by atoms with van der Waals surface area (Å²) >= 11 is 0. The largest absolute Gasteiger partial charge is 0.478 e. The fourth-order valence-electron chi connectivity index (χ4n) is 6.04. The number of amides is 1. The summed E-state index contributed by atoms with van der Waals surface area (Å²) in [4.78, 5) is 24.2. The fraction of sp³-hybridized carbons (Fsp3) is 0.355. The highest BCUT2D eigenvalue weighted by Gasteiger charge is 2.45. The summed E-state index contributed by atoms with van der Waals surface area (Å²) in [7, 11) is -5.47. The standard InChI is InChI=1S/C31H28F6N2O5S/c32-21-15-20(31(41)42)12-13-22(21)38(16-17-8-10-19(11-9-17)18-5-2-1-3-6-18)30(40)23-7-4-14-39(23)45(43,44)29-27(36)25(34)24(33)26(35)28(29)37/h8-13,15,18,23H,1-7,14,16H2,(H,41,42)/t23-/m1/s1. The average molecular weight is 655 g/mol. The van der Waals surface area contributed by atoms with Crippen molar-refractivity contribution in [3.8, 4) is 0 Å². The summed E-state index contributed by atoms with van der Waals surface area (Å²) in [6.45, 7) is -0.803. The van der Waals surface area contributed by atoms with E-state index in [9.17, 15) is 45.1 Å². The molecule has 2 aliphatic rings. The van der Waals surface area contributed by atoms with E-state index in [2.05, 4.69) is 0 Å². The molecule has 0 bridgehead atoms. The molecule has 7 nitrogen and oxygen atoms in total. The lowest BCUT2D eigenvalue weighted by Gasteiger charge is -2.30. The summed E-state index contributed by atoms with van der Waals surface area (Å²) < 4.78 is 113. The quantitative estimate of drug-likeness (QED) is 0.167. The number of sulfonamides is 1. The molecule has 1 atom stereocenters. The van der Waals surface area contributed by atoms with Crippen molar-refractivity contribution in [3.63, 3.8) is 0 Å². The maximum atomic E-state index is 15.3. The number of carboxylic acid groups (broad SMARTS) is 1. The van der Waals surface area contributed by atoms with Crippen molar-refractivity contribution in [1.29, 1.82) is 0 Å². The number of carbonyl (C=O) groups is 2. The predicted octanol–water partition coefficient (Wildman–Crippen LogP) is 6.65. The van der Waals surface area contributed by atoms with E-state index in [1.54, 1.807) is 12.1 Å². The molecule has 3 aromatic rings. The van der Waals surface area contributed by atoms with E-state index in [0.717, 1.165) is 54.7 Å². The Hall–Kier alpha value is -3.91.